The second kappa shape index (κ2) is 129. The molecule has 0 aliphatic rings. The van der Waals surface area contributed by atoms with Gasteiger partial charge in [-0.15, -0.1) is 13.2 Å². The van der Waals surface area contributed by atoms with Crippen molar-refractivity contribution in [3.05, 3.63) is 49.8 Å². The summed E-state index contributed by atoms with van der Waals surface area (Å²) < 4.78 is 4.79. The first-order valence-electron chi connectivity index (χ1n) is 8.15. The second-order valence-corrected chi connectivity index (χ2v) is 1.92. The predicted molar refractivity (Wildman–Crippen MR) is 108 cm³/mol. The minimum atomic E-state index is 0.819. The van der Waals surface area contributed by atoms with Crippen LogP contribution < -0.4 is 0 Å². The minimum Gasteiger partial charge on any atom is -0.497 e. The van der Waals surface area contributed by atoms with E-state index in [1.807, 2.05) is 82.2 Å². The fourth-order valence-electron chi connectivity index (χ4n) is 0.319. The molecular weight excluding hydrogens is 256 g/mol. The SMILES string of the molecule is C=C/C(=C\C)OC.C=CC.C=CC.CC.CC.CC.CC. The average Bonchev–Trinajstić information content (AvgIpc) is 2.58. The molecule has 132 valence electrons. The van der Waals surface area contributed by atoms with E-state index in [0.29, 0.717) is 0 Å². The van der Waals surface area contributed by atoms with Crippen molar-refractivity contribution in [1.82, 2.24) is 0 Å². The number of hydrogen-bond acceptors (Lipinski definition) is 1. The summed E-state index contributed by atoms with van der Waals surface area (Å²) in [5.74, 6) is 0.819. The van der Waals surface area contributed by atoms with Crippen molar-refractivity contribution in [3.63, 3.8) is 0 Å². The van der Waals surface area contributed by atoms with Crippen LogP contribution >= 0.6 is 0 Å². The molecule has 0 rings (SSSR count). The second-order valence-electron chi connectivity index (χ2n) is 1.92. The zero-order valence-corrected chi connectivity index (χ0v) is 17.3. The summed E-state index contributed by atoms with van der Waals surface area (Å²) in [7, 11) is 1.62. The standard InChI is InChI=1S/C6H10O.2C3H6.4C2H6/c1-4-6(5-2)7-3;2*1-3-2;4*1-2/h4-5H,1H2,2-3H3;2*3H,1H2,2H3;4*1-2H3/b6-5+;;;;;;. The van der Waals surface area contributed by atoms with E-state index in [4.69, 9.17) is 4.74 Å². The van der Waals surface area contributed by atoms with Crippen LogP contribution in [0.5, 0.6) is 0 Å². The molecule has 0 spiro atoms. The Balaban J connectivity index is -0.0000000241. The molecule has 0 aliphatic carbocycles. The minimum absolute atomic E-state index is 0.819. The third-order valence-corrected chi connectivity index (χ3v) is 0.721. The van der Waals surface area contributed by atoms with E-state index < -0.39 is 0 Å². The highest BCUT2D eigenvalue weighted by molar-refractivity contribution is 5.06. The number of hydrogen-bond donors (Lipinski definition) is 0. The largest absolute Gasteiger partial charge is 0.497 e. The van der Waals surface area contributed by atoms with E-state index in [2.05, 4.69) is 19.7 Å². The van der Waals surface area contributed by atoms with Gasteiger partial charge in [-0.25, -0.2) is 0 Å². The quantitative estimate of drug-likeness (QED) is 0.283. The van der Waals surface area contributed by atoms with Crippen LogP contribution in [0, 0.1) is 0 Å². The Bertz CT molecular complexity index is 138. The van der Waals surface area contributed by atoms with Gasteiger partial charge in [0, 0.05) is 0 Å². The lowest BCUT2D eigenvalue weighted by molar-refractivity contribution is 0.306. The molecule has 0 N–H and O–H groups in total. The third kappa shape index (κ3) is 233. The third-order valence-electron chi connectivity index (χ3n) is 0.721. The van der Waals surface area contributed by atoms with Gasteiger partial charge in [0.25, 0.3) is 0 Å². The molecular formula is C20H46O. The summed E-state index contributed by atoms with van der Waals surface area (Å²) in [5, 5.41) is 0. The summed E-state index contributed by atoms with van der Waals surface area (Å²) in [6, 6.07) is 0. The predicted octanol–water partition coefficient (Wildman–Crippen LogP) is 8.21. The van der Waals surface area contributed by atoms with Gasteiger partial charge in [-0.2, -0.15) is 0 Å². The normalized spacial score (nSPS) is 6.00. The van der Waals surface area contributed by atoms with Gasteiger partial charge in [-0.3, -0.25) is 0 Å². The molecule has 0 fully saturated rings. The Labute approximate surface area is 138 Å². The Hall–Kier alpha value is -1.24. The molecule has 21 heavy (non-hydrogen) atoms. The van der Waals surface area contributed by atoms with Gasteiger partial charge in [0.1, 0.15) is 5.76 Å². The van der Waals surface area contributed by atoms with Crippen molar-refractivity contribution in [2.45, 2.75) is 76.2 Å². The van der Waals surface area contributed by atoms with Crippen LogP contribution in [0.2, 0.25) is 0 Å². The Morgan fingerprint density at radius 1 is 0.667 bits per heavy atom. The molecule has 0 aromatic rings. The van der Waals surface area contributed by atoms with Crippen molar-refractivity contribution >= 4 is 0 Å². The lowest BCUT2D eigenvalue weighted by Gasteiger charge is -1.93. The summed E-state index contributed by atoms with van der Waals surface area (Å²) >= 11 is 0. The van der Waals surface area contributed by atoms with E-state index in [-0.39, 0.29) is 0 Å². The van der Waals surface area contributed by atoms with Crippen LogP contribution in [-0.2, 0) is 4.74 Å². The lowest BCUT2D eigenvalue weighted by atomic mass is 10.5. The number of allylic oxidation sites excluding steroid dienone is 4. The maximum Gasteiger partial charge on any atom is 0.114 e. The summed E-state index contributed by atoms with van der Waals surface area (Å²) in [5.41, 5.74) is 0. The molecule has 0 saturated carbocycles. The van der Waals surface area contributed by atoms with Gasteiger partial charge >= 0.3 is 0 Å². The molecule has 0 unspecified atom stereocenters. The maximum atomic E-state index is 4.79. The summed E-state index contributed by atoms with van der Waals surface area (Å²) in [4.78, 5) is 0. The van der Waals surface area contributed by atoms with Gasteiger partial charge in [0.2, 0.25) is 0 Å². The van der Waals surface area contributed by atoms with Crippen molar-refractivity contribution in [2.75, 3.05) is 7.11 Å². The first kappa shape index (κ1) is 42.7. The molecule has 0 aromatic carbocycles. The molecule has 0 aliphatic heterocycles. The first-order chi connectivity index (χ1) is 10.2. The van der Waals surface area contributed by atoms with E-state index in [0.717, 1.165) is 5.76 Å². The van der Waals surface area contributed by atoms with Gasteiger partial charge in [-0.05, 0) is 32.9 Å². The van der Waals surface area contributed by atoms with Crippen molar-refractivity contribution < 1.29 is 4.74 Å². The smallest absolute Gasteiger partial charge is 0.114 e. The number of ether oxygens (including phenoxy) is 1. The van der Waals surface area contributed by atoms with E-state index in [1.54, 1.807) is 25.3 Å². The van der Waals surface area contributed by atoms with Gasteiger partial charge < -0.3 is 4.74 Å². The number of rotatable bonds is 2. The first-order valence-corrected chi connectivity index (χ1v) is 8.15. The molecule has 1 heteroatoms. The van der Waals surface area contributed by atoms with Gasteiger partial charge in [0.15, 0.2) is 0 Å². The highest BCUT2D eigenvalue weighted by atomic mass is 16.5. The highest BCUT2D eigenvalue weighted by Gasteiger charge is 1.77. The molecule has 0 heterocycles. The number of methoxy groups -OCH3 is 1. The molecule has 0 atom stereocenters. The van der Waals surface area contributed by atoms with E-state index >= 15 is 0 Å². The lowest BCUT2D eigenvalue weighted by Crippen LogP contribution is -1.76. The fraction of sp³-hybridized carbons (Fsp3) is 0.600. The van der Waals surface area contributed by atoms with Crippen LogP contribution in [0.4, 0.5) is 0 Å². The van der Waals surface area contributed by atoms with Crippen LogP contribution in [0.1, 0.15) is 76.2 Å². The van der Waals surface area contributed by atoms with Gasteiger partial charge in [-0.1, -0.05) is 74.1 Å². The topological polar surface area (TPSA) is 9.23 Å². The Morgan fingerprint density at radius 2 is 0.857 bits per heavy atom. The maximum absolute atomic E-state index is 4.79. The van der Waals surface area contributed by atoms with Crippen molar-refractivity contribution in [3.8, 4) is 0 Å². The van der Waals surface area contributed by atoms with E-state index in [9.17, 15) is 0 Å². The summed E-state index contributed by atoms with van der Waals surface area (Å²) in [6.45, 7) is 31.9. The average molecular weight is 303 g/mol. The zero-order valence-electron chi connectivity index (χ0n) is 17.3. The fourth-order valence-corrected chi connectivity index (χ4v) is 0.319. The van der Waals surface area contributed by atoms with Crippen molar-refractivity contribution in [2.24, 2.45) is 0 Å². The Kier molecular flexibility index (Phi) is 263. The molecule has 1 nitrogen and oxygen atoms in total. The molecule has 0 aromatic heterocycles. The molecule has 0 saturated heterocycles. The van der Waals surface area contributed by atoms with Crippen LogP contribution in [-0.4, -0.2) is 7.11 Å². The highest BCUT2D eigenvalue weighted by Crippen LogP contribution is 1.92. The van der Waals surface area contributed by atoms with E-state index in [1.165, 1.54) is 0 Å². The van der Waals surface area contributed by atoms with Gasteiger partial charge in [0.05, 0.1) is 7.11 Å². The summed E-state index contributed by atoms with van der Waals surface area (Å²) in [6.07, 6.45) is 7.02. The monoisotopic (exact) mass is 302 g/mol. The molecule has 0 radical (unpaired) electrons. The zero-order chi connectivity index (χ0) is 19.1. The van der Waals surface area contributed by atoms with Crippen molar-refractivity contribution in [1.29, 1.82) is 0 Å². The van der Waals surface area contributed by atoms with Crippen LogP contribution in [0.25, 0.3) is 0 Å². The Morgan fingerprint density at radius 3 is 0.857 bits per heavy atom. The van der Waals surface area contributed by atoms with Crippen LogP contribution in [0.15, 0.2) is 49.8 Å². The molecule has 0 amide bonds. The van der Waals surface area contributed by atoms with Crippen LogP contribution in [0.3, 0.4) is 0 Å². The molecule has 0 bridgehead atoms.